The van der Waals surface area contributed by atoms with Gasteiger partial charge in [0.2, 0.25) is 0 Å². The van der Waals surface area contributed by atoms with Crippen LogP contribution in [0.3, 0.4) is 0 Å². The predicted molar refractivity (Wildman–Crippen MR) is 56.2 cm³/mol. The van der Waals surface area contributed by atoms with Crippen molar-refractivity contribution in [3.63, 3.8) is 0 Å². The van der Waals surface area contributed by atoms with Crippen molar-refractivity contribution >= 4 is 5.97 Å². The maximum atomic E-state index is 13.0. The number of carboxylic acids is 1. The van der Waals surface area contributed by atoms with Crippen LogP contribution in [0.15, 0.2) is 48.5 Å². The van der Waals surface area contributed by atoms with E-state index in [1.807, 2.05) is 0 Å². The van der Waals surface area contributed by atoms with Gasteiger partial charge in [0.1, 0.15) is 5.82 Å². The van der Waals surface area contributed by atoms with Gasteiger partial charge in [-0.05, 0) is 23.3 Å². The first-order valence-corrected chi connectivity index (χ1v) is 4.75. The highest BCUT2D eigenvalue weighted by molar-refractivity contribution is 5.94. The van der Waals surface area contributed by atoms with Crippen LogP contribution >= 0.6 is 0 Å². The fourth-order valence-corrected chi connectivity index (χ4v) is 1.57. The molecule has 0 atom stereocenters. The third kappa shape index (κ3) is 1.93. The number of benzene rings is 2. The second-order valence-electron chi connectivity index (χ2n) is 3.34. The first-order chi connectivity index (χ1) is 7.68. The molecule has 0 saturated heterocycles. The van der Waals surface area contributed by atoms with Crippen LogP contribution in [-0.4, -0.2) is 5.97 Å². The number of aromatic carboxylic acids is 1. The second kappa shape index (κ2) is 4.14. The molecule has 0 fully saturated rings. The predicted octanol–water partition coefficient (Wildman–Crippen LogP) is 1.86. The molecule has 0 radical (unpaired) electrons. The van der Waals surface area contributed by atoms with Gasteiger partial charge in [-0.2, -0.15) is 0 Å². The summed E-state index contributed by atoms with van der Waals surface area (Å²) in [6.07, 6.45) is 0. The third-order valence-corrected chi connectivity index (χ3v) is 2.28. The van der Waals surface area contributed by atoms with Crippen molar-refractivity contribution in [1.29, 1.82) is 0 Å². The van der Waals surface area contributed by atoms with Crippen LogP contribution in [0.4, 0.5) is 4.39 Å². The Morgan fingerprint density at radius 1 is 1.06 bits per heavy atom. The number of rotatable bonds is 2. The monoisotopic (exact) mass is 215 g/mol. The van der Waals surface area contributed by atoms with E-state index < -0.39 is 11.8 Å². The molecule has 0 unspecified atom stereocenters. The lowest BCUT2D eigenvalue weighted by atomic mass is 10.00. The summed E-state index contributed by atoms with van der Waals surface area (Å²) in [5, 5.41) is 10.9. The standard InChI is InChI=1S/C13H9FO2/c14-10-5-3-4-9(8-10)11-6-1-2-7-12(11)13(15)16/h1-8H,(H,15,16)/p-1. The van der Waals surface area contributed by atoms with Crippen LogP contribution in [-0.2, 0) is 0 Å². The number of hydrogen-bond acceptors (Lipinski definition) is 2. The number of carboxylic acid groups (broad SMARTS) is 1. The molecule has 2 aromatic rings. The van der Waals surface area contributed by atoms with Crippen LogP contribution in [0.25, 0.3) is 11.1 Å². The normalized spacial score (nSPS) is 10.1. The average molecular weight is 215 g/mol. The minimum atomic E-state index is -1.26. The van der Waals surface area contributed by atoms with Crippen LogP contribution in [0.5, 0.6) is 0 Å². The number of hydrogen-bond donors (Lipinski definition) is 0. The van der Waals surface area contributed by atoms with E-state index >= 15 is 0 Å². The fourth-order valence-electron chi connectivity index (χ4n) is 1.57. The van der Waals surface area contributed by atoms with Gasteiger partial charge in [0, 0.05) is 5.56 Å². The maximum Gasteiger partial charge on any atom is 0.123 e. The Morgan fingerprint density at radius 3 is 2.50 bits per heavy atom. The molecule has 0 heterocycles. The topological polar surface area (TPSA) is 40.1 Å². The van der Waals surface area contributed by atoms with Gasteiger partial charge in [0.25, 0.3) is 0 Å². The maximum absolute atomic E-state index is 13.0. The molecule has 0 bridgehead atoms. The smallest absolute Gasteiger partial charge is 0.123 e. The summed E-state index contributed by atoms with van der Waals surface area (Å²) < 4.78 is 13.0. The highest BCUT2D eigenvalue weighted by atomic mass is 19.1. The minimum Gasteiger partial charge on any atom is -0.545 e. The van der Waals surface area contributed by atoms with Crippen LogP contribution in [0.1, 0.15) is 10.4 Å². The van der Waals surface area contributed by atoms with Crippen molar-refractivity contribution in [2.45, 2.75) is 0 Å². The van der Waals surface area contributed by atoms with E-state index in [2.05, 4.69) is 0 Å². The largest absolute Gasteiger partial charge is 0.545 e. The molecule has 2 nitrogen and oxygen atoms in total. The van der Waals surface area contributed by atoms with E-state index in [4.69, 9.17) is 0 Å². The molecule has 0 spiro atoms. The number of carbonyl (C=O) groups is 1. The fraction of sp³-hybridized carbons (Fsp3) is 0. The summed E-state index contributed by atoms with van der Waals surface area (Å²) in [7, 11) is 0. The molecule has 0 aliphatic heterocycles. The van der Waals surface area contributed by atoms with Crippen molar-refractivity contribution < 1.29 is 14.3 Å². The van der Waals surface area contributed by atoms with Gasteiger partial charge >= 0.3 is 0 Å². The molecule has 2 aromatic carbocycles. The van der Waals surface area contributed by atoms with E-state index in [1.54, 1.807) is 24.3 Å². The first-order valence-electron chi connectivity index (χ1n) is 4.75. The molecule has 0 amide bonds. The average Bonchev–Trinajstić information content (AvgIpc) is 2.29. The first kappa shape index (κ1) is 10.4. The molecule has 3 heteroatoms. The Kier molecular flexibility index (Phi) is 2.68. The Balaban J connectivity index is 2.60. The molecular formula is C13H8FO2-. The lowest BCUT2D eigenvalue weighted by molar-refractivity contribution is -0.254. The Hall–Kier alpha value is -2.16. The van der Waals surface area contributed by atoms with E-state index in [0.717, 1.165) is 0 Å². The highest BCUT2D eigenvalue weighted by Gasteiger charge is 2.05. The Bertz CT molecular complexity index is 535. The van der Waals surface area contributed by atoms with Crippen molar-refractivity contribution in [3.05, 3.63) is 59.9 Å². The Labute approximate surface area is 92.0 Å². The number of halogens is 1. The quantitative estimate of drug-likeness (QED) is 0.767. The van der Waals surface area contributed by atoms with E-state index in [1.165, 1.54) is 24.3 Å². The zero-order chi connectivity index (χ0) is 11.5. The molecular weight excluding hydrogens is 207 g/mol. The molecule has 80 valence electrons. The van der Waals surface area contributed by atoms with Gasteiger partial charge < -0.3 is 9.90 Å². The zero-order valence-corrected chi connectivity index (χ0v) is 8.31. The van der Waals surface area contributed by atoms with E-state index in [-0.39, 0.29) is 5.56 Å². The van der Waals surface area contributed by atoms with Gasteiger partial charge in [-0.15, -0.1) is 0 Å². The van der Waals surface area contributed by atoms with E-state index in [9.17, 15) is 14.3 Å². The van der Waals surface area contributed by atoms with Gasteiger partial charge in [-0.25, -0.2) is 4.39 Å². The summed E-state index contributed by atoms with van der Waals surface area (Å²) in [6.45, 7) is 0. The van der Waals surface area contributed by atoms with Crippen LogP contribution in [0, 0.1) is 5.82 Å². The summed E-state index contributed by atoms with van der Waals surface area (Å²) in [4.78, 5) is 10.9. The lowest BCUT2D eigenvalue weighted by Crippen LogP contribution is -2.22. The SMILES string of the molecule is O=C([O-])c1ccccc1-c1cccc(F)c1. The lowest BCUT2D eigenvalue weighted by Gasteiger charge is -2.10. The molecule has 0 aliphatic carbocycles. The van der Waals surface area contributed by atoms with Gasteiger partial charge in [0.05, 0.1) is 5.97 Å². The molecule has 16 heavy (non-hydrogen) atoms. The molecule has 0 N–H and O–H groups in total. The molecule has 0 aliphatic rings. The van der Waals surface area contributed by atoms with Crippen LogP contribution in [0.2, 0.25) is 0 Å². The van der Waals surface area contributed by atoms with E-state index in [0.29, 0.717) is 11.1 Å². The summed E-state index contributed by atoms with van der Waals surface area (Å²) >= 11 is 0. The molecule has 0 saturated carbocycles. The van der Waals surface area contributed by atoms with Crippen molar-refractivity contribution in [2.75, 3.05) is 0 Å². The minimum absolute atomic E-state index is 0.0631. The Morgan fingerprint density at radius 2 is 1.81 bits per heavy atom. The third-order valence-electron chi connectivity index (χ3n) is 2.28. The highest BCUT2D eigenvalue weighted by Crippen LogP contribution is 2.23. The summed E-state index contributed by atoms with van der Waals surface area (Å²) in [5.74, 6) is -1.66. The van der Waals surface area contributed by atoms with Crippen molar-refractivity contribution in [2.24, 2.45) is 0 Å². The van der Waals surface area contributed by atoms with Crippen molar-refractivity contribution in [1.82, 2.24) is 0 Å². The summed E-state index contributed by atoms with van der Waals surface area (Å²) in [5.41, 5.74) is 1.05. The number of carbonyl (C=O) groups excluding carboxylic acids is 1. The zero-order valence-electron chi connectivity index (χ0n) is 8.31. The van der Waals surface area contributed by atoms with Gasteiger partial charge in [-0.3, -0.25) is 0 Å². The van der Waals surface area contributed by atoms with Crippen molar-refractivity contribution in [3.8, 4) is 11.1 Å². The van der Waals surface area contributed by atoms with Gasteiger partial charge in [0.15, 0.2) is 0 Å². The molecule has 0 aromatic heterocycles. The summed E-state index contributed by atoms with van der Waals surface area (Å²) in [6, 6.07) is 12.2. The van der Waals surface area contributed by atoms with Crippen LogP contribution < -0.4 is 5.11 Å². The molecule has 2 rings (SSSR count). The second-order valence-corrected chi connectivity index (χ2v) is 3.34. The van der Waals surface area contributed by atoms with Gasteiger partial charge in [-0.1, -0.05) is 36.4 Å².